The number of hydrogen-bond acceptors (Lipinski definition) is 5. The minimum atomic E-state index is -0.435. The van der Waals surface area contributed by atoms with Gasteiger partial charge < -0.3 is 9.30 Å². The van der Waals surface area contributed by atoms with Crippen molar-refractivity contribution in [2.75, 3.05) is 6.61 Å². The van der Waals surface area contributed by atoms with Gasteiger partial charge in [0.1, 0.15) is 6.61 Å². The fourth-order valence-electron chi connectivity index (χ4n) is 1.75. The Labute approximate surface area is 101 Å². The zero-order valence-electron chi connectivity index (χ0n) is 9.91. The number of nitrogens with zero attached hydrogens (tertiary/aromatic N) is 4. The van der Waals surface area contributed by atoms with Crippen molar-refractivity contribution in [1.82, 2.24) is 18.7 Å². The molecule has 0 amide bonds. The van der Waals surface area contributed by atoms with Crippen molar-refractivity contribution >= 4 is 17.6 Å². The van der Waals surface area contributed by atoms with Gasteiger partial charge in [0, 0.05) is 14.1 Å². The lowest BCUT2D eigenvalue weighted by Crippen LogP contribution is -2.37. The summed E-state index contributed by atoms with van der Waals surface area (Å²) < 4.78 is 8.28. The van der Waals surface area contributed by atoms with Crippen LogP contribution in [0, 0.1) is 0 Å². The molecule has 1 radical (unpaired) electrons. The van der Waals surface area contributed by atoms with Crippen LogP contribution in [0.25, 0.3) is 11.2 Å². The zero-order valence-corrected chi connectivity index (χ0v) is 9.91. The first-order valence-electron chi connectivity index (χ1n) is 5.17. The highest BCUT2D eigenvalue weighted by Crippen LogP contribution is 2.04. The minimum Gasteiger partial charge on any atom is -0.455 e. The number of imidazole rings is 1. The van der Waals surface area contributed by atoms with Gasteiger partial charge in [0.15, 0.2) is 11.2 Å². The second-order valence-electron chi connectivity index (χ2n) is 3.75. The lowest BCUT2D eigenvalue weighted by molar-refractivity contribution is 0.264. The Kier molecular flexibility index (Phi) is 3.00. The molecule has 2 aromatic rings. The molecule has 2 rings (SSSR count). The third-order valence-corrected chi connectivity index (χ3v) is 2.71. The summed E-state index contributed by atoms with van der Waals surface area (Å²) in [5.74, 6) is 0. The lowest BCUT2D eigenvalue weighted by Gasteiger charge is -2.05. The van der Waals surface area contributed by atoms with Crippen molar-refractivity contribution in [2.45, 2.75) is 6.54 Å². The molecule has 0 aliphatic rings. The molecule has 0 unspecified atom stereocenters. The molecule has 8 nitrogen and oxygen atoms in total. The molecule has 18 heavy (non-hydrogen) atoms. The Bertz CT molecular complexity index is 709. The van der Waals surface area contributed by atoms with Crippen LogP contribution < -0.4 is 11.2 Å². The van der Waals surface area contributed by atoms with Gasteiger partial charge in [0.2, 0.25) is 0 Å². The molecule has 0 saturated carbocycles. The lowest BCUT2D eigenvalue weighted by atomic mass is 10.5. The molecule has 0 atom stereocenters. The van der Waals surface area contributed by atoms with Gasteiger partial charge in [-0.1, -0.05) is 0 Å². The average Bonchev–Trinajstić information content (AvgIpc) is 2.78. The third kappa shape index (κ3) is 1.71. The van der Waals surface area contributed by atoms with E-state index < -0.39 is 11.2 Å². The molecule has 0 spiro atoms. The van der Waals surface area contributed by atoms with Crippen LogP contribution in [0.1, 0.15) is 0 Å². The fourth-order valence-corrected chi connectivity index (χ4v) is 1.75. The number of rotatable bonds is 4. The van der Waals surface area contributed by atoms with Crippen LogP contribution in [0.2, 0.25) is 0 Å². The minimum absolute atomic E-state index is 0.0843. The average molecular weight is 251 g/mol. The van der Waals surface area contributed by atoms with E-state index >= 15 is 0 Å². The third-order valence-electron chi connectivity index (χ3n) is 2.71. The van der Waals surface area contributed by atoms with E-state index in [2.05, 4.69) is 9.72 Å². The zero-order chi connectivity index (χ0) is 13.3. The highest BCUT2D eigenvalue weighted by atomic mass is 16.5. The van der Waals surface area contributed by atoms with Crippen molar-refractivity contribution in [3.63, 3.8) is 0 Å². The van der Waals surface area contributed by atoms with Crippen LogP contribution in [-0.4, -0.2) is 31.8 Å². The van der Waals surface area contributed by atoms with Crippen LogP contribution in [0.3, 0.4) is 0 Å². The highest BCUT2D eigenvalue weighted by molar-refractivity contribution is 5.69. The van der Waals surface area contributed by atoms with Crippen molar-refractivity contribution in [2.24, 2.45) is 14.1 Å². The van der Waals surface area contributed by atoms with Crippen molar-refractivity contribution < 1.29 is 9.53 Å². The molecular formula is C10H11N4O4. The van der Waals surface area contributed by atoms with Crippen molar-refractivity contribution in [3.8, 4) is 0 Å². The van der Waals surface area contributed by atoms with E-state index in [9.17, 15) is 14.4 Å². The molecule has 8 heteroatoms. The quantitative estimate of drug-likeness (QED) is 0.618. The standard InChI is InChI=1S/C10H11N4O4/c1-12-8-7(9(16)13(2)10(12)17)14(5-11-8)3-4-18-6-15/h5H,3-4H2,1-2H3. The molecule has 0 fully saturated rings. The van der Waals surface area contributed by atoms with Gasteiger partial charge in [-0.15, -0.1) is 0 Å². The highest BCUT2D eigenvalue weighted by Gasteiger charge is 2.13. The molecule has 0 bridgehead atoms. The van der Waals surface area contributed by atoms with Gasteiger partial charge in [-0.3, -0.25) is 13.9 Å². The monoisotopic (exact) mass is 251 g/mol. The first-order chi connectivity index (χ1) is 8.57. The number of ether oxygens (including phenoxy) is 1. The summed E-state index contributed by atoms with van der Waals surface area (Å²) >= 11 is 0. The van der Waals surface area contributed by atoms with E-state index in [4.69, 9.17) is 0 Å². The van der Waals surface area contributed by atoms with Gasteiger partial charge in [-0.25, -0.2) is 14.6 Å². The number of hydrogen-bond donors (Lipinski definition) is 0. The number of aromatic nitrogens is 4. The molecule has 2 aromatic heterocycles. The largest absolute Gasteiger partial charge is 0.455 e. The van der Waals surface area contributed by atoms with E-state index in [1.54, 1.807) is 0 Å². The molecule has 95 valence electrons. The van der Waals surface area contributed by atoms with Gasteiger partial charge >= 0.3 is 12.2 Å². The number of aryl methyl sites for hydroxylation is 1. The summed E-state index contributed by atoms with van der Waals surface area (Å²) in [6.45, 7) is 1.66. The normalized spacial score (nSPS) is 10.8. The van der Waals surface area contributed by atoms with Crippen molar-refractivity contribution in [3.05, 3.63) is 27.2 Å². The smallest absolute Gasteiger partial charge is 0.417 e. The predicted molar refractivity (Wildman–Crippen MR) is 61.9 cm³/mol. The predicted octanol–water partition coefficient (Wildman–Crippen LogP) is -1.48. The fraction of sp³-hybridized carbons (Fsp3) is 0.400. The number of carbonyl (C=O) groups excluding carboxylic acids is 1. The summed E-state index contributed by atoms with van der Waals surface area (Å²) in [5.41, 5.74) is -0.261. The number of fused-ring (bicyclic) bond motifs is 1. The second-order valence-corrected chi connectivity index (χ2v) is 3.75. The van der Waals surface area contributed by atoms with Gasteiger partial charge in [0.05, 0.1) is 12.9 Å². The van der Waals surface area contributed by atoms with Gasteiger partial charge in [0.25, 0.3) is 5.56 Å². The first kappa shape index (κ1) is 12.1. The van der Waals surface area contributed by atoms with Crippen LogP contribution >= 0.6 is 0 Å². The molecule has 0 aromatic carbocycles. The van der Waals surface area contributed by atoms with Gasteiger partial charge in [-0.05, 0) is 0 Å². The Morgan fingerprint density at radius 1 is 1.33 bits per heavy atom. The van der Waals surface area contributed by atoms with Crippen LogP contribution in [0.4, 0.5) is 0 Å². The Balaban J connectivity index is 2.62. The van der Waals surface area contributed by atoms with E-state index in [0.717, 1.165) is 4.57 Å². The van der Waals surface area contributed by atoms with Crippen LogP contribution in [0.5, 0.6) is 0 Å². The summed E-state index contributed by atoms with van der Waals surface area (Å²) in [6.07, 6.45) is 1.43. The van der Waals surface area contributed by atoms with Crippen LogP contribution in [-0.2, 0) is 30.2 Å². The van der Waals surface area contributed by atoms with Crippen LogP contribution in [0.15, 0.2) is 15.9 Å². The molecule has 2 heterocycles. The Morgan fingerprint density at radius 3 is 2.72 bits per heavy atom. The SMILES string of the molecule is Cn1c(=O)c2c(ncn2CCO[C]=O)n(C)c1=O. The summed E-state index contributed by atoms with van der Waals surface area (Å²) in [7, 11) is 2.94. The van der Waals surface area contributed by atoms with Gasteiger partial charge in [-0.2, -0.15) is 0 Å². The van der Waals surface area contributed by atoms with E-state index in [1.807, 2.05) is 0 Å². The topological polar surface area (TPSA) is 88.1 Å². The molecule has 0 saturated heterocycles. The second kappa shape index (κ2) is 4.47. The summed E-state index contributed by atoms with van der Waals surface area (Å²) in [5, 5.41) is 0. The summed E-state index contributed by atoms with van der Waals surface area (Å²) in [4.78, 5) is 37.6. The van der Waals surface area contributed by atoms with E-state index in [-0.39, 0.29) is 13.2 Å². The molecule has 0 aliphatic carbocycles. The maximum Gasteiger partial charge on any atom is 0.417 e. The molecule has 0 aliphatic heterocycles. The first-order valence-corrected chi connectivity index (χ1v) is 5.17. The Hall–Kier alpha value is -2.38. The maximum atomic E-state index is 12.0. The maximum absolute atomic E-state index is 12.0. The molecular weight excluding hydrogens is 240 g/mol. The Morgan fingerprint density at radius 2 is 2.06 bits per heavy atom. The molecule has 0 N–H and O–H groups in total. The van der Waals surface area contributed by atoms with Crippen molar-refractivity contribution in [1.29, 1.82) is 0 Å². The summed E-state index contributed by atoms with van der Waals surface area (Å²) in [6, 6.07) is 0. The van der Waals surface area contributed by atoms with E-state index in [1.165, 1.54) is 36.0 Å². The van der Waals surface area contributed by atoms with E-state index in [0.29, 0.717) is 11.2 Å².